The summed E-state index contributed by atoms with van der Waals surface area (Å²) in [5.41, 5.74) is 1.95. The summed E-state index contributed by atoms with van der Waals surface area (Å²) in [5, 5.41) is 4.24. The Kier molecular flexibility index (Phi) is 4.33. The molecule has 134 valence electrons. The first-order chi connectivity index (χ1) is 12.3. The minimum absolute atomic E-state index is 0.0117. The molecule has 10 heteroatoms. The van der Waals surface area contributed by atoms with Crippen LogP contribution >= 0.6 is 0 Å². The van der Waals surface area contributed by atoms with Gasteiger partial charge < -0.3 is 10.6 Å². The zero-order valence-electron chi connectivity index (χ0n) is 13.3. The Morgan fingerprint density at radius 2 is 1.77 bits per heavy atom. The number of rotatable bonds is 3. The summed E-state index contributed by atoms with van der Waals surface area (Å²) in [6, 6.07) is 5.77. The molecule has 0 aliphatic carbocycles. The van der Waals surface area contributed by atoms with E-state index in [9.17, 15) is 22.8 Å². The van der Waals surface area contributed by atoms with Gasteiger partial charge in [-0.15, -0.1) is 0 Å². The number of carbonyl (C=O) groups excluding carboxylic acids is 2. The normalized spacial score (nSPS) is 11.4. The molecule has 0 radical (unpaired) electrons. The number of halogens is 3. The molecule has 3 aromatic rings. The van der Waals surface area contributed by atoms with Gasteiger partial charge in [0, 0.05) is 24.5 Å². The Hall–Kier alpha value is -3.43. The molecule has 1 aromatic carbocycles. The van der Waals surface area contributed by atoms with Crippen molar-refractivity contribution in [3.63, 3.8) is 0 Å². The number of amides is 2. The SMILES string of the molecule is CNC(=O)c1cn2c(-c3ccc(NC(=O)C(F)(F)F)cc3)cnc2cn1. The van der Waals surface area contributed by atoms with Crippen molar-refractivity contribution in [3.8, 4) is 11.3 Å². The first kappa shape index (κ1) is 17.4. The van der Waals surface area contributed by atoms with Crippen molar-refractivity contribution in [3.05, 3.63) is 48.5 Å². The molecule has 0 fully saturated rings. The largest absolute Gasteiger partial charge is 0.471 e. The predicted molar refractivity (Wildman–Crippen MR) is 86.5 cm³/mol. The fraction of sp³-hybridized carbons (Fsp3) is 0.125. The van der Waals surface area contributed by atoms with E-state index in [-0.39, 0.29) is 17.3 Å². The van der Waals surface area contributed by atoms with Crippen LogP contribution in [-0.4, -0.2) is 39.4 Å². The van der Waals surface area contributed by atoms with Crippen molar-refractivity contribution < 1.29 is 22.8 Å². The van der Waals surface area contributed by atoms with E-state index in [0.29, 0.717) is 16.9 Å². The summed E-state index contributed by atoms with van der Waals surface area (Å²) >= 11 is 0. The lowest BCUT2D eigenvalue weighted by Gasteiger charge is -2.09. The second kappa shape index (κ2) is 6.47. The number of benzene rings is 1. The van der Waals surface area contributed by atoms with Gasteiger partial charge in [-0.05, 0) is 12.1 Å². The Balaban J connectivity index is 1.92. The van der Waals surface area contributed by atoms with E-state index in [0.717, 1.165) is 0 Å². The Morgan fingerprint density at radius 1 is 1.08 bits per heavy atom. The van der Waals surface area contributed by atoms with Crippen LogP contribution < -0.4 is 10.6 Å². The Bertz CT molecular complexity index is 980. The summed E-state index contributed by atoms with van der Waals surface area (Å²) in [6.07, 6.45) is -0.459. The fourth-order valence-electron chi connectivity index (χ4n) is 2.27. The molecule has 0 aliphatic rings. The van der Waals surface area contributed by atoms with Gasteiger partial charge in [0.1, 0.15) is 5.69 Å². The van der Waals surface area contributed by atoms with Crippen LogP contribution in [0.5, 0.6) is 0 Å². The summed E-state index contributed by atoms with van der Waals surface area (Å²) in [6.45, 7) is 0. The van der Waals surface area contributed by atoms with Crippen LogP contribution in [0.25, 0.3) is 16.9 Å². The minimum Gasteiger partial charge on any atom is -0.354 e. The molecule has 7 nitrogen and oxygen atoms in total. The molecule has 2 heterocycles. The van der Waals surface area contributed by atoms with Gasteiger partial charge in [0.05, 0.1) is 18.1 Å². The smallest absolute Gasteiger partial charge is 0.354 e. The average molecular weight is 363 g/mol. The maximum absolute atomic E-state index is 12.3. The fourth-order valence-corrected chi connectivity index (χ4v) is 2.27. The first-order valence-corrected chi connectivity index (χ1v) is 7.33. The van der Waals surface area contributed by atoms with E-state index in [2.05, 4.69) is 15.3 Å². The van der Waals surface area contributed by atoms with Gasteiger partial charge in [0.15, 0.2) is 5.65 Å². The van der Waals surface area contributed by atoms with Gasteiger partial charge in [-0.25, -0.2) is 9.97 Å². The number of aromatic nitrogens is 3. The molecule has 0 bridgehead atoms. The third-order valence-corrected chi connectivity index (χ3v) is 3.55. The molecule has 0 spiro atoms. The summed E-state index contributed by atoms with van der Waals surface area (Å²) < 4.78 is 38.5. The van der Waals surface area contributed by atoms with Crippen LogP contribution in [-0.2, 0) is 4.79 Å². The van der Waals surface area contributed by atoms with Gasteiger partial charge >= 0.3 is 12.1 Å². The molecule has 0 aliphatic heterocycles. The molecular formula is C16H12F3N5O2. The highest BCUT2D eigenvalue weighted by molar-refractivity contribution is 5.95. The number of imidazole rings is 1. The second-order valence-electron chi connectivity index (χ2n) is 5.25. The van der Waals surface area contributed by atoms with E-state index in [4.69, 9.17) is 0 Å². The number of nitrogens with zero attached hydrogens (tertiary/aromatic N) is 3. The van der Waals surface area contributed by atoms with Crippen molar-refractivity contribution >= 4 is 23.1 Å². The molecule has 2 amide bonds. The number of hydrogen-bond donors (Lipinski definition) is 2. The lowest BCUT2D eigenvalue weighted by atomic mass is 10.1. The standard InChI is InChI=1S/C16H12F3N5O2/c1-20-14(25)11-8-24-12(6-22-13(24)7-21-11)9-2-4-10(5-3-9)23-15(26)16(17,18)19/h2-8H,1H3,(H,20,25)(H,23,26). The van der Waals surface area contributed by atoms with Crippen LogP contribution in [0.3, 0.4) is 0 Å². The lowest BCUT2D eigenvalue weighted by molar-refractivity contribution is -0.167. The van der Waals surface area contributed by atoms with E-state index in [1.54, 1.807) is 15.9 Å². The average Bonchev–Trinajstić information content (AvgIpc) is 3.04. The van der Waals surface area contributed by atoms with Crippen molar-refractivity contribution in [2.24, 2.45) is 0 Å². The van der Waals surface area contributed by atoms with Crippen LogP contribution in [0.4, 0.5) is 18.9 Å². The molecule has 2 aromatic heterocycles. The number of nitrogens with one attached hydrogen (secondary N) is 2. The van der Waals surface area contributed by atoms with Crippen molar-refractivity contribution in [1.29, 1.82) is 0 Å². The van der Waals surface area contributed by atoms with Gasteiger partial charge in [-0.1, -0.05) is 12.1 Å². The van der Waals surface area contributed by atoms with Crippen molar-refractivity contribution in [2.75, 3.05) is 12.4 Å². The van der Waals surface area contributed by atoms with Crippen molar-refractivity contribution in [1.82, 2.24) is 19.7 Å². The number of carbonyl (C=O) groups is 2. The van der Waals surface area contributed by atoms with Crippen molar-refractivity contribution in [2.45, 2.75) is 6.18 Å². The molecule has 3 rings (SSSR count). The summed E-state index contributed by atoms with van der Waals surface area (Å²) in [5.74, 6) is -2.40. The molecular weight excluding hydrogens is 351 g/mol. The third kappa shape index (κ3) is 3.34. The van der Waals surface area contributed by atoms with Gasteiger partial charge in [0.25, 0.3) is 5.91 Å². The zero-order valence-corrected chi connectivity index (χ0v) is 13.3. The zero-order chi connectivity index (χ0) is 18.9. The highest BCUT2D eigenvalue weighted by atomic mass is 19.4. The topological polar surface area (TPSA) is 88.4 Å². The quantitative estimate of drug-likeness (QED) is 0.747. The lowest BCUT2D eigenvalue weighted by Crippen LogP contribution is -2.29. The molecule has 26 heavy (non-hydrogen) atoms. The Labute approximate surface area is 144 Å². The number of alkyl halides is 3. The van der Waals surface area contributed by atoms with Crippen LogP contribution in [0.1, 0.15) is 10.5 Å². The number of anilines is 1. The monoisotopic (exact) mass is 363 g/mol. The van der Waals surface area contributed by atoms with Crippen LogP contribution in [0.2, 0.25) is 0 Å². The number of hydrogen-bond acceptors (Lipinski definition) is 4. The summed E-state index contributed by atoms with van der Waals surface area (Å²) in [7, 11) is 1.48. The maximum atomic E-state index is 12.3. The summed E-state index contributed by atoms with van der Waals surface area (Å²) in [4.78, 5) is 30.9. The van der Waals surface area contributed by atoms with Gasteiger partial charge in [0.2, 0.25) is 0 Å². The highest BCUT2D eigenvalue weighted by Crippen LogP contribution is 2.24. The predicted octanol–water partition coefficient (Wildman–Crippen LogP) is 2.26. The third-order valence-electron chi connectivity index (χ3n) is 3.55. The van der Waals surface area contributed by atoms with E-state index in [1.807, 2.05) is 0 Å². The van der Waals surface area contributed by atoms with E-state index < -0.39 is 12.1 Å². The first-order valence-electron chi connectivity index (χ1n) is 7.33. The molecule has 0 unspecified atom stereocenters. The maximum Gasteiger partial charge on any atom is 0.471 e. The molecule has 2 N–H and O–H groups in total. The molecule has 0 atom stereocenters. The highest BCUT2D eigenvalue weighted by Gasteiger charge is 2.38. The molecule has 0 saturated heterocycles. The minimum atomic E-state index is -4.95. The van der Waals surface area contributed by atoms with Gasteiger partial charge in [-0.3, -0.25) is 14.0 Å². The van der Waals surface area contributed by atoms with Gasteiger partial charge in [-0.2, -0.15) is 13.2 Å². The second-order valence-corrected chi connectivity index (χ2v) is 5.25. The van der Waals surface area contributed by atoms with E-state index >= 15 is 0 Å². The van der Waals surface area contributed by atoms with Crippen LogP contribution in [0, 0.1) is 0 Å². The van der Waals surface area contributed by atoms with Crippen LogP contribution in [0.15, 0.2) is 42.9 Å². The Morgan fingerprint density at radius 3 is 2.38 bits per heavy atom. The number of fused-ring (bicyclic) bond motifs is 1. The molecule has 0 saturated carbocycles. The van der Waals surface area contributed by atoms with E-state index in [1.165, 1.54) is 43.7 Å².